The maximum absolute atomic E-state index is 14.5. The second-order valence-corrected chi connectivity index (χ2v) is 15.8. The molecule has 2 aromatic carbocycles. The highest BCUT2D eigenvalue weighted by Gasteiger charge is 2.65. The Morgan fingerprint density at radius 3 is 2.54 bits per heavy atom. The number of hydrogen-bond acceptors (Lipinski definition) is 12. The molecular formula is C46H60N2O11. The molecule has 7 unspecified atom stereocenters. The van der Waals surface area contributed by atoms with Crippen molar-refractivity contribution in [3.8, 4) is 23.0 Å². The van der Waals surface area contributed by atoms with Gasteiger partial charge in [0.15, 0.2) is 11.5 Å². The fraction of sp³-hybridized carbons (Fsp3) is 0.565. The minimum atomic E-state index is -1.45. The number of amides is 1. The van der Waals surface area contributed by atoms with Gasteiger partial charge in [-0.2, -0.15) is 0 Å². The smallest absolute Gasteiger partial charge is 0.410 e. The van der Waals surface area contributed by atoms with Crippen molar-refractivity contribution in [1.82, 2.24) is 4.90 Å². The van der Waals surface area contributed by atoms with E-state index in [0.29, 0.717) is 54.8 Å². The molecule has 0 spiro atoms. The Balaban J connectivity index is 1.44. The van der Waals surface area contributed by atoms with Gasteiger partial charge in [0.05, 0.1) is 31.5 Å². The first-order chi connectivity index (χ1) is 28.9. The van der Waals surface area contributed by atoms with Crippen LogP contribution in [-0.2, 0) is 25.6 Å². The number of nitrogens with zero attached hydrogens (tertiary/aromatic N) is 2. The third-order valence-electron chi connectivity index (χ3n) is 12.1. The van der Waals surface area contributed by atoms with Crippen LogP contribution in [0.25, 0.3) is 0 Å². The first-order valence-corrected chi connectivity index (χ1v) is 21.4. The predicted molar refractivity (Wildman–Crippen MR) is 220 cm³/mol. The number of aliphatic hydroxyl groups excluding tert-OH is 2. The zero-order valence-electron chi connectivity index (χ0n) is 34.3. The molecule has 59 heavy (non-hydrogen) atoms. The molecule has 1 amide bonds. The fourth-order valence-electron chi connectivity index (χ4n) is 9.55. The van der Waals surface area contributed by atoms with Gasteiger partial charge in [0, 0.05) is 44.1 Å². The van der Waals surface area contributed by atoms with E-state index >= 15 is 0 Å². The first-order valence-electron chi connectivity index (χ1n) is 21.4. The Morgan fingerprint density at radius 1 is 0.983 bits per heavy atom. The summed E-state index contributed by atoms with van der Waals surface area (Å²) in [6.45, 7) is 11.4. The number of allylic oxidation sites excluding steroid dienone is 1. The van der Waals surface area contributed by atoms with Crippen LogP contribution in [0.2, 0.25) is 0 Å². The van der Waals surface area contributed by atoms with Crippen LogP contribution in [0, 0.1) is 17.8 Å². The third kappa shape index (κ3) is 9.28. The van der Waals surface area contributed by atoms with Crippen LogP contribution < -0.4 is 18.9 Å². The second-order valence-electron chi connectivity index (χ2n) is 15.8. The van der Waals surface area contributed by atoms with Gasteiger partial charge in [0.25, 0.3) is 0 Å². The third-order valence-corrected chi connectivity index (χ3v) is 12.1. The van der Waals surface area contributed by atoms with E-state index < -0.39 is 30.1 Å². The van der Waals surface area contributed by atoms with Crippen LogP contribution in [0.15, 0.2) is 78.5 Å². The molecule has 320 valence electrons. The lowest BCUT2D eigenvalue weighted by atomic mass is 9.55. The van der Waals surface area contributed by atoms with Crippen LogP contribution in [0.1, 0.15) is 88.2 Å². The summed E-state index contributed by atoms with van der Waals surface area (Å²) in [6, 6.07) is 10.8. The maximum atomic E-state index is 14.5. The number of hydrogen-bond donors (Lipinski definition) is 2. The summed E-state index contributed by atoms with van der Waals surface area (Å²) in [5.74, 6) is 0.559. The molecule has 3 aliphatic heterocycles. The molecule has 0 aromatic heterocycles. The van der Waals surface area contributed by atoms with E-state index in [1.165, 1.54) is 0 Å². The van der Waals surface area contributed by atoms with Gasteiger partial charge >= 0.3 is 6.09 Å². The summed E-state index contributed by atoms with van der Waals surface area (Å²) in [5.41, 5.74) is 3.40. The Morgan fingerprint density at radius 2 is 1.78 bits per heavy atom. The highest BCUT2D eigenvalue weighted by molar-refractivity contribution is 6.03. The molecule has 2 aromatic rings. The van der Waals surface area contributed by atoms with Crippen molar-refractivity contribution in [3.63, 3.8) is 0 Å². The van der Waals surface area contributed by atoms with Gasteiger partial charge in [0.1, 0.15) is 24.1 Å². The molecular weight excluding hydrogens is 757 g/mol. The maximum Gasteiger partial charge on any atom is 0.410 e. The van der Waals surface area contributed by atoms with Crippen LogP contribution in [0.3, 0.4) is 0 Å². The fourth-order valence-corrected chi connectivity index (χ4v) is 9.55. The van der Waals surface area contributed by atoms with Crippen molar-refractivity contribution >= 4 is 11.8 Å². The van der Waals surface area contributed by atoms with Gasteiger partial charge in [-0.25, -0.2) is 4.79 Å². The van der Waals surface area contributed by atoms with Gasteiger partial charge < -0.3 is 48.2 Å². The van der Waals surface area contributed by atoms with E-state index in [2.05, 4.69) is 25.3 Å². The number of fused-ring (bicyclic) bond motifs is 3. The van der Waals surface area contributed by atoms with E-state index in [-0.39, 0.29) is 63.9 Å². The number of oxime groups is 1. The average Bonchev–Trinajstić information content (AvgIpc) is 3.73. The minimum absolute atomic E-state index is 0.0607. The van der Waals surface area contributed by atoms with Crippen LogP contribution in [-0.4, -0.2) is 91.5 Å². The summed E-state index contributed by atoms with van der Waals surface area (Å²) in [4.78, 5) is 22.5. The lowest BCUT2D eigenvalue weighted by molar-refractivity contribution is -0.256. The van der Waals surface area contributed by atoms with Gasteiger partial charge in [-0.15, -0.1) is 6.58 Å². The van der Waals surface area contributed by atoms with E-state index in [1.54, 1.807) is 24.0 Å². The second kappa shape index (κ2) is 20.1. The molecule has 3 heterocycles. The molecule has 13 nitrogen and oxygen atoms in total. The van der Waals surface area contributed by atoms with Crippen LogP contribution >= 0.6 is 0 Å². The monoisotopic (exact) mass is 816 g/mol. The summed E-state index contributed by atoms with van der Waals surface area (Å²) >= 11 is 0. The van der Waals surface area contributed by atoms with Crippen molar-refractivity contribution in [2.75, 3.05) is 46.4 Å². The molecule has 0 bridgehead atoms. The van der Waals surface area contributed by atoms with Crippen molar-refractivity contribution in [3.05, 3.63) is 84.5 Å². The Kier molecular flexibility index (Phi) is 14.5. The number of unbranched alkanes of at least 4 members (excludes halogenated alkanes) is 2. The summed E-state index contributed by atoms with van der Waals surface area (Å²) in [5, 5.41) is 24.8. The first kappa shape index (κ1) is 42.6. The zero-order valence-corrected chi connectivity index (χ0v) is 34.3. The molecule has 0 radical (unpaired) electrons. The SMILES string of the molecule is C=CCOc1ccc2c(c1)C1C(CCCCO)C(CCCCO)C=C3C(=NOC4CCCCO4)CC(N(Cc4ccc5c(c4)OCO5)C(=O)OCC)C(OCC=C)(O2)C31. The Hall–Kier alpha value is -4.56. The number of benzene rings is 2. The normalized spacial score (nSPS) is 27.1. The number of rotatable bonds is 20. The molecule has 5 aliphatic rings. The van der Waals surface area contributed by atoms with Crippen molar-refractivity contribution in [2.45, 2.75) is 102 Å². The molecule has 13 heteroatoms. The quantitative estimate of drug-likeness (QED) is 0.0767. The number of ether oxygens (including phenoxy) is 7. The highest BCUT2D eigenvalue weighted by atomic mass is 16.8. The van der Waals surface area contributed by atoms with Crippen LogP contribution in [0.4, 0.5) is 4.79 Å². The summed E-state index contributed by atoms with van der Waals surface area (Å²) in [6.07, 6.45) is 12.2. The Labute approximate surface area is 347 Å². The molecule has 7 atom stereocenters. The van der Waals surface area contributed by atoms with E-state index in [1.807, 2.05) is 30.3 Å². The lowest BCUT2D eigenvalue weighted by Gasteiger charge is -2.59. The molecule has 7 rings (SSSR count). The molecule has 2 N–H and O–H groups in total. The largest absolute Gasteiger partial charge is 0.490 e. The lowest BCUT2D eigenvalue weighted by Crippen LogP contribution is -2.70. The van der Waals surface area contributed by atoms with Gasteiger partial charge in [0.2, 0.25) is 18.9 Å². The number of carbonyl (C=O) groups excluding carboxylic acids is 1. The van der Waals surface area contributed by atoms with E-state index in [0.717, 1.165) is 61.6 Å². The Bertz CT molecular complexity index is 1830. The molecule has 1 saturated heterocycles. The van der Waals surface area contributed by atoms with Gasteiger partial charge in [-0.05, 0) is 98.8 Å². The van der Waals surface area contributed by atoms with E-state index in [9.17, 15) is 15.0 Å². The van der Waals surface area contributed by atoms with Crippen molar-refractivity contribution in [2.24, 2.45) is 22.9 Å². The zero-order chi connectivity index (χ0) is 41.2. The highest BCUT2D eigenvalue weighted by Crippen LogP contribution is 2.62. The standard InChI is InChI=1S/C46H60N2O11/c1-4-22-53-33-17-19-38-36(27-33)43-34(14-8-11-21-50)32(13-7-10-20-49)26-35-37(47-59-42-15-9-12-24-54-42)28-41(46(58-38,44(35)43)57-23-5-2)48(45(51)52-6-3)29-31-16-18-39-40(25-31)56-30-55-39/h4-5,16-19,25-27,32,34,41-44,49-50H,1-2,6-15,20-24,28-30H2,3H3. The average molecular weight is 817 g/mol. The number of aliphatic hydroxyl groups is 2. The molecule has 1 saturated carbocycles. The molecule has 2 fully saturated rings. The van der Waals surface area contributed by atoms with Crippen molar-refractivity contribution in [1.29, 1.82) is 0 Å². The summed E-state index contributed by atoms with van der Waals surface area (Å²) < 4.78 is 43.7. The van der Waals surface area contributed by atoms with Crippen LogP contribution in [0.5, 0.6) is 23.0 Å². The van der Waals surface area contributed by atoms with Gasteiger partial charge in [-0.1, -0.05) is 48.9 Å². The van der Waals surface area contributed by atoms with Gasteiger partial charge in [-0.3, -0.25) is 4.90 Å². The summed E-state index contributed by atoms with van der Waals surface area (Å²) in [7, 11) is 0. The van der Waals surface area contributed by atoms with E-state index in [4.69, 9.17) is 43.2 Å². The van der Waals surface area contributed by atoms with Crippen molar-refractivity contribution < 1.29 is 53.0 Å². The predicted octanol–water partition coefficient (Wildman–Crippen LogP) is 7.80. The minimum Gasteiger partial charge on any atom is -0.490 e. The molecule has 2 aliphatic carbocycles. The number of carbonyl (C=O) groups is 1. The topological polar surface area (TPSA) is 147 Å².